The van der Waals surface area contributed by atoms with E-state index in [0.717, 1.165) is 0 Å². The van der Waals surface area contributed by atoms with Crippen molar-refractivity contribution in [2.24, 2.45) is 0 Å². The Morgan fingerprint density at radius 2 is 1.56 bits per heavy atom. The molecule has 0 aliphatic carbocycles. The van der Waals surface area contributed by atoms with Gasteiger partial charge >= 0.3 is 0 Å². The molecule has 0 saturated heterocycles. The second-order valence-corrected chi connectivity index (χ2v) is 9.66. The lowest BCUT2D eigenvalue weighted by molar-refractivity contribution is 1.78. The molecule has 0 spiro atoms. The molecule has 0 radical (unpaired) electrons. The van der Waals surface area contributed by atoms with Gasteiger partial charge in [-0.3, -0.25) is 0 Å². The molecule has 0 bridgehead atoms. The van der Waals surface area contributed by atoms with Crippen LogP contribution in [0.4, 0.5) is 0 Å². The topological polar surface area (TPSA) is 0 Å². The summed E-state index contributed by atoms with van der Waals surface area (Å²) in [6.45, 7) is 0. The van der Waals surface area contributed by atoms with Gasteiger partial charge in [0.25, 0.3) is 0 Å². The van der Waals surface area contributed by atoms with Gasteiger partial charge in [0.2, 0.25) is 0 Å². The maximum Gasteiger partial charge on any atom is 0.0654 e. The molecule has 0 unspecified atom stereocenters. The van der Waals surface area contributed by atoms with Crippen molar-refractivity contribution in [3.05, 3.63) is 30.3 Å². The molecule has 0 nitrogen and oxygen atoms in total. The van der Waals surface area contributed by atoms with Crippen LogP contribution in [0.2, 0.25) is 0 Å². The van der Waals surface area contributed by atoms with E-state index in [1.54, 1.807) is 0 Å². The average Bonchev–Trinajstić information content (AvgIpc) is 1.90. The van der Waals surface area contributed by atoms with Gasteiger partial charge in [-0.2, -0.15) is 0 Å². The summed E-state index contributed by atoms with van der Waals surface area (Å²) in [6.07, 6.45) is 0. The van der Waals surface area contributed by atoms with Crippen molar-refractivity contribution in [3.8, 4) is 0 Å². The molecule has 0 atom stereocenters. The highest BCUT2D eigenvalue weighted by atomic mass is 79.9. The Kier molecular flexibility index (Phi) is 3.17. The van der Waals surface area contributed by atoms with Crippen LogP contribution >= 0.6 is 36.3 Å². The molecule has 1 rings (SSSR count). The maximum absolute atomic E-state index is 3.46. The van der Waals surface area contributed by atoms with Crippen LogP contribution < -0.4 is 5.30 Å². The van der Waals surface area contributed by atoms with Gasteiger partial charge in [-0.25, -0.2) is 0 Å². The van der Waals surface area contributed by atoms with Gasteiger partial charge in [0.15, 0.2) is 0 Å². The largest absolute Gasteiger partial charge is 0.0654 e. The molecule has 0 fully saturated rings. The van der Waals surface area contributed by atoms with Crippen LogP contribution in [-0.4, -0.2) is 0 Å². The van der Waals surface area contributed by atoms with Crippen molar-refractivity contribution >= 4 is 41.6 Å². The van der Waals surface area contributed by atoms with Crippen LogP contribution in [-0.2, 0) is 0 Å². The van der Waals surface area contributed by atoms with Crippen molar-refractivity contribution < 1.29 is 0 Å². The fraction of sp³-hybridized carbons (Fsp3) is 0. The van der Waals surface area contributed by atoms with Gasteiger partial charge in [-0.1, -0.05) is 30.3 Å². The van der Waals surface area contributed by atoms with Gasteiger partial charge in [0.1, 0.15) is 0 Å². The maximum atomic E-state index is 3.46. The molecule has 1 aromatic carbocycles. The van der Waals surface area contributed by atoms with E-state index in [0.29, 0.717) is 0 Å². The lowest BCUT2D eigenvalue weighted by Crippen LogP contribution is -1.89. The van der Waals surface area contributed by atoms with Crippen LogP contribution in [0.5, 0.6) is 0 Å². The van der Waals surface area contributed by atoms with Crippen molar-refractivity contribution in [1.82, 2.24) is 0 Å². The number of rotatable bonds is 1. The Bertz CT molecular complexity index is 174. The van der Waals surface area contributed by atoms with E-state index < -0.39 is 0 Å². The normalized spacial score (nSPS) is 10.1. The molecule has 9 heavy (non-hydrogen) atoms. The summed E-state index contributed by atoms with van der Waals surface area (Å²) < 4.78 is 0. The van der Waals surface area contributed by atoms with Crippen molar-refractivity contribution in [2.45, 2.75) is 0 Å². The number of halogens is 2. The molecular formula is C6H5Br2P. The zero-order chi connectivity index (χ0) is 6.69. The highest BCUT2D eigenvalue weighted by Gasteiger charge is 1.97. The minimum absolute atomic E-state index is 0.271. The lowest BCUT2D eigenvalue weighted by Gasteiger charge is -1.97. The smallest absolute Gasteiger partial charge is 0.0622 e. The van der Waals surface area contributed by atoms with Gasteiger partial charge in [0.05, 0.1) is 5.33 Å². The predicted octanol–water partition coefficient (Wildman–Crippen LogP) is 3.41. The molecule has 0 amide bonds. The van der Waals surface area contributed by atoms with E-state index in [-0.39, 0.29) is 5.33 Å². The van der Waals surface area contributed by atoms with E-state index >= 15 is 0 Å². The first kappa shape index (κ1) is 7.71. The predicted molar refractivity (Wildman–Crippen MR) is 50.9 cm³/mol. The minimum atomic E-state index is -0.271. The Morgan fingerprint density at radius 3 is 1.89 bits per heavy atom. The lowest BCUT2D eigenvalue weighted by atomic mass is 10.4. The van der Waals surface area contributed by atoms with E-state index in [1.807, 2.05) is 18.2 Å². The minimum Gasteiger partial charge on any atom is -0.0622 e. The zero-order valence-electron chi connectivity index (χ0n) is 4.59. The van der Waals surface area contributed by atoms with Crippen molar-refractivity contribution in [3.63, 3.8) is 0 Å². The summed E-state index contributed by atoms with van der Waals surface area (Å²) in [7, 11) is 0. The summed E-state index contributed by atoms with van der Waals surface area (Å²) in [4.78, 5) is 0. The second-order valence-electron chi connectivity index (χ2n) is 1.57. The van der Waals surface area contributed by atoms with Gasteiger partial charge in [0, 0.05) is 0 Å². The molecular weight excluding hydrogens is 263 g/mol. The summed E-state index contributed by atoms with van der Waals surface area (Å²) in [5, 5.41) is 1.04. The molecule has 0 saturated carbocycles. The summed E-state index contributed by atoms with van der Waals surface area (Å²) >= 11 is 6.93. The molecule has 0 heterocycles. The van der Waals surface area contributed by atoms with Gasteiger partial charge < -0.3 is 0 Å². The third-order valence-electron chi connectivity index (χ3n) is 0.951. The molecule has 0 aliphatic heterocycles. The highest BCUT2D eigenvalue weighted by Crippen LogP contribution is 2.50. The quantitative estimate of drug-likeness (QED) is 0.684. The third kappa shape index (κ3) is 2.37. The fourth-order valence-electron chi connectivity index (χ4n) is 0.541. The molecule has 0 aliphatic rings. The van der Waals surface area contributed by atoms with Crippen LogP contribution in [0.1, 0.15) is 0 Å². The Labute approximate surface area is 71.9 Å². The number of hydrogen-bond acceptors (Lipinski definition) is 0. The third-order valence-corrected chi connectivity index (χ3v) is 4.10. The highest BCUT2D eigenvalue weighted by molar-refractivity contribution is 9.70. The first-order valence-corrected chi connectivity index (χ1v) is 7.85. The van der Waals surface area contributed by atoms with Crippen LogP contribution in [0.25, 0.3) is 0 Å². The van der Waals surface area contributed by atoms with Crippen molar-refractivity contribution in [2.75, 3.05) is 0 Å². The van der Waals surface area contributed by atoms with E-state index in [9.17, 15) is 0 Å². The summed E-state index contributed by atoms with van der Waals surface area (Å²) in [5.74, 6) is 0. The van der Waals surface area contributed by atoms with E-state index in [1.165, 1.54) is 5.30 Å². The summed E-state index contributed by atoms with van der Waals surface area (Å²) in [6, 6.07) is 10.3. The molecule has 0 N–H and O–H groups in total. The van der Waals surface area contributed by atoms with E-state index in [2.05, 4.69) is 43.1 Å². The number of benzene rings is 1. The van der Waals surface area contributed by atoms with Gasteiger partial charge in [-0.05, 0) is 36.3 Å². The van der Waals surface area contributed by atoms with Crippen LogP contribution in [0.3, 0.4) is 0 Å². The SMILES string of the molecule is BrP(Br)c1ccccc1. The molecule has 48 valence electrons. The van der Waals surface area contributed by atoms with Crippen molar-refractivity contribution in [1.29, 1.82) is 0 Å². The molecule has 1 aromatic rings. The second kappa shape index (κ2) is 3.70. The average molecular weight is 268 g/mol. The van der Waals surface area contributed by atoms with Gasteiger partial charge in [-0.15, -0.1) is 0 Å². The summed E-state index contributed by atoms with van der Waals surface area (Å²) in [5.41, 5.74) is 0. The Morgan fingerprint density at radius 1 is 1.00 bits per heavy atom. The number of hydrogen-bond donors (Lipinski definition) is 0. The monoisotopic (exact) mass is 266 g/mol. The molecule has 3 heteroatoms. The van der Waals surface area contributed by atoms with Crippen LogP contribution in [0.15, 0.2) is 30.3 Å². The zero-order valence-corrected chi connectivity index (χ0v) is 8.66. The Balaban J connectivity index is 2.85. The van der Waals surface area contributed by atoms with E-state index in [4.69, 9.17) is 0 Å². The Hall–Kier alpha value is 0.610. The first-order chi connectivity index (χ1) is 4.30. The fourth-order valence-corrected chi connectivity index (χ4v) is 2.36. The molecule has 0 aromatic heterocycles. The van der Waals surface area contributed by atoms with Crippen LogP contribution in [0, 0.1) is 0 Å². The standard InChI is InChI=1S/C6H5Br2P/c7-9(8)6-4-2-1-3-5-6/h1-5H. The first-order valence-electron chi connectivity index (χ1n) is 2.47.